The second-order valence-corrected chi connectivity index (χ2v) is 8.56. The summed E-state index contributed by atoms with van der Waals surface area (Å²) >= 11 is 0. The van der Waals surface area contributed by atoms with E-state index >= 15 is 0 Å². The number of aryl methyl sites for hydroxylation is 1. The number of Topliss-reactive ketones (excluding diaryl/α,β-unsaturated/α-hetero) is 1. The van der Waals surface area contributed by atoms with Crippen molar-refractivity contribution in [3.8, 4) is 5.75 Å². The zero-order valence-corrected chi connectivity index (χ0v) is 19.9. The number of anilines is 2. The van der Waals surface area contributed by atoms with Gasteiger partial charge in [0.25, 0.3) is 11.7 Å². The van der Waals surface area contributed by atoms with Gasteiger partial charge in [0.1, 0.15) is 23.3 Å². The van der Waals surface area contributed by atoms with Crippen molar-refractivity contribution in [2.24, 2.45) is 0 Å². The molecule has 0 radical (unpaired) electrons. The summed E-state index contributed by atoms with van der Waals surface area (Å²) in [6.07, 6.45) is 1.41. The van der Waals surface area contributed by atoms with E-state index in [9.17, 15) is 19.5 Å². The molecule has 4 rings (SSSR count). The summed E-state index contributed by atoms with van der Waals surface area (Å²) in [6.45, 7) is 7.05. The quantitative estimate of drug-likeness (QED) is 0.297. The SMILES string of the molecule is CC(=O)Nc1cccc(N2C(=O)C(=O)/C(=C(\O)c3ccc(OC(C)C)c(C)c3)C2c2ccco2)c1. The number of nitrogens with zero attached hydrogens (tertiary/aromatic N) is 1. The number of carbonyl (C=O) groups is 3. The Morgan fingerprint density at radius 3 is 2.51 bits per heavy atom. The van der Waals surface area contributed by atoms with Crippen LogP contribution in [-0.2, 0) is 14.4 Å². The van der Waals surface area contributed by atoms with Gasteiger partial charge in [-0.05, 0) is 74.9 Å². The van der Waals surface area contributed by atoms with Gasteiger partial charge in [0.2, 0.25) is 5.91 Å². The first-order valence-corrected chi connectivity index (χ1v) is 11.2. The van der Waals surface area contributed by atoms with Crippen molar-refractivity contribution in [1.82, 2.24) is 0 Å². The molecule has 8 heteroatoms. The average molecular weight is 475 g/mol. The summed E-state index contributed by atoms with van der Waals surface area (Å²) < 4.78 is 11.3. The van der Waals surface area contributed by atoms with E-state index < -0.39 is 17.7 Å². The molecule has 3 aromatic rings. The van der Waals surface area contributed by atoms with Crippen LogP contribution in [0.1, 0.15) is 43.7 Å². The normalized spacial score (nSPS) is 17.2. The molecule has 1 saturated heterocycles. The fraction of sp³-hybridized carbons (Fsp3) is 0.222. The van der Waals surface area contributed by atoms with Gasteiger partial charge in [-0.2, -0.15) is 0 Å². The third-order valence-electron chi connectivity index (χ3n) is 5.51. The number of aliphatic hydroxyl groups excluding tert-OH is 1. The lowest BCUT2D eigenvalue weighted by molar-refractivity contribution is -0.132. The van der Waals surface area contributed by atoms with Crippen LogP contribution in [0.15, 0.2) is 70.9 Å². The zero-order chi connectivity index (χ0) is 25.3. The van der Waals surface area contributed by atoms with Gasteiger partial charge in [-0.25, -0.2) is 0 Å². The Hall–Kier alpha value is -4.33. The van der Waals surface area contributed by atoms with Gasteiger partial charge in [0.15, 0.2) is 0 Å². The fourth-order valence-electron chi connectivity index (χ4n) is 4.09. The van der Waals surface area contributed by atoms with Crippen molar-refractivity contribution in [2.45, 2.75) is 39.8 Å². The predicted molar refractivity (Wildman–Crippen MR) is 131 cm³/mol. The summed E-state index contributed by atoms with van der Waals surface area (Å²) in [6, 6.07) is 13.9. The summed E-state index contributed by atoms with van der Waals surface area (Å²) in [5.41, 5.74) is 1.89. The fourth-order valence-corrected chi connectivity index (χ4v) is 4.09. The molecule has 2 amide bonds. The lowest BCUT2D eigenvalue weighted by Gasteiger charge is -2.24. The second-order valence-electron chi connectivity index (χ2n) is 8.56. The van der Waals surface area contributed by atoms with Crippen LogP contribution >= 0.6 is 0 Å². The molecule has 2 aromatic carbocycles. The first-order valence-electron chi connectivity index (χ1n) is 11.2. The minimum absolute atomic E-state index is 0.0225. The van der Waals surface area contributed by atoms with Crippen LogP contribution in [0.25, 0.3) is 5.76 Å². The third-order valence-corrected chi connectivity index (χ3v) is 5.51. The predicted octanol–water partition coefficient (Wildman–Crippen LogP) is 4.96. The molecule has 1 fully saturated rings. The van der Waals surface area contributed by atoms with E-state index in [-0.39, 0.29) is 23.3 Å². The van der Waals surface area contributed by atoms with Crippen LogP contribution in [-0.4, -0.2) is 28.8 Å². The number of benzene rings is 2. The summed E-state index contributed by atoms with van der Waals surface area (Å²) in [7, 11) is 0. The number of ether oxygens (including phenoxy) is 1. The highest BCUT2D eigenvalue weighted by Gasteiger charge is 2.48. The average Bonchev–Trinajstić information content (AvgIpc) is 3.41. The van der Waals surface area contributed by atoms with E-state index in [1.54, 1.807) is 54.6 Å². The molecular formula is C27H26N2O6. The smallest absolute Gasteiger partial charge is 0.300 e. The highest BCUT2D eigenvalue weighted by molar-refractivity contribution is 6.51. The van der Waals surface area contributed by atoms with Crippen LogP contribution in [0.4, 0.5) is 11.4 Å². The van der Waals surface area contributed by atoms with Gasteiger partial charge in [0.05, 0.1) is 17.9 Å². The van der Waals surface area contributed by atoms with Gasteiger partial charge >= 0.3 is 0 Å². The molecule has 2 heterocycles. The number of nitrogens with one attached hydrogen (secondary N) is 1. The Labute approximate surface area is 202 Å². The van der Waals surface area contributed by atoms with Crippen molar-refractivity contribution < 1.29 is 28.6 Å². The molecule has 1 atom stereocenters. The maximum Gasteiger partial charge on any atom is 0.300 e. The zero-order valence-electron chi connectivity index (χ0n) is 19.9. The molecule has 2 N–H and O–H groups in total. The molecule has 1 aliphatic heterocycles. The first kappa shape index (κ1) is 23.8. The molecule has 0 aliphatic carbocycles. The van der Waals surface area contributed by atoms with E-state index in [0.29, 0.717) is 28.4 Å². The topological polar surface area (TPSA) is 109 Å². The Bertz CT molecular complexity index is 1320. The van der Waals surface area contributed by atoms with Gasteiger partial charge in [-0.1, -0.05) is 6.07 Å². The molecule has 1 unspecified atom stereocenters. The number of amides is 2. The molecule has 1 aromatic heterocycles. The van der Waals surface area contributed by atoms with E-state index in [1.807, 2.05) is 20.8 Å². The summed E-state index contributed by atoms with van der Waals surface area (Å²) in [4.78, 5) is 39.2. The van der Waals surface area contributed by atoms with Crippen molar-refractivity contribution >= 4 is 34.7 Å². The highest BCUT2D eigenvalue weighted by atomic mass is 16.5. The van der Waals surface area contributed by atoms with Gasteiger partial charge in [-0.15, -0.1) is 0 Å². The van der Waals surface area contributed by atoms with Crippen molar-refractivity contribution in [2.75, 3.05) is 10.2 Å². The van der Waals surface area contributed by atoms with E-state index in [2.05, 4.69) is 5.32 Å². The third kappa shape index (κ3) is 4.68. The van der Waals surface area contributed by atoms with Crippen LogP contribution in [0.2, 0.25) is 0 Å². The van der Waals surface area contributed by atoms with E-state index in [1.165, 1.54) is 18.1 Å². The maximum absolute atomic E-state index is 13.2. The Morgan fingerprint density at radius 2 is 1.89 bits per heavy atom. The lowest BCUT2D eigenvalue weighted by Crippen LogP contribution is -2.29. The van der Waals surface area contributed by atoms with E-state index in [4.69, 9.17) is 9.15 Å². The number of furan rings is 1. The number of rotatable bonds is 6. The van der Waals surface area contributed by atoms with Gasteiger partial charge in [-0.3, -0.25) is 19.3 Å². The van der Waals surface area contributed by atoms with Crippen LogP contribution in [0.3, 0.4) is 0 Å². The lowest BCUT2D eigenvalue weighted by atomic mass is 9.98. The molecule has 0 spiro atoms. The largest absolute Gasteiger partial charge is 0.507 e. The second kappa shape index (κ2) is 9.50. The molecule has 0 saturated carbocycles. The minimum atomic E-state index is -0.996. The number of carbonyl (C=O) groups excluding carboxylic acids is 3. The van der Waals surface area contributed by atoms with Crippen molar-refractivity contribution in [3.05, 3.63) is 83.3 Å². The number of hydrogen-bond acceptors (Lipinski definition) is 6. The summed E-state index contributed by atoms with van der Waals surface area (Å²) in [5, 5.41) is 13.9. The van der Waals surface area contributed by atoms with Crippen molar-refractivity contribution in [3.63, 3.8) is 0 Å². The van der Waals surface area contributed by atoms with Crippen LogP contribution in [0, 0.1) is 6.92 Å². The highest BCUT2D eigenvalue weighted by Crippen LogP contribution is 2.43. The molecule has 180 valence electrons. The molecule has 8 nitrogen and oxygen atoms in total. The Kier molecular flexibility index (Phi) is 6.46. The Morgan fingerprint density at radius 1 is 1.11 bits per heavy atom. The molecule has 35 heavy (non-hydrogen) atoms. The maximum atomic E-state index is 13.2. The monoisotopic (exact) mass is 474 g/mol. The standard InChI is InChI=1S/C27H26N2O6/c1-15(2)35-21-11-10-18(13-16(21)3)25(31)23-24(22-9-6-12-34-22)29(27(33)26(23)32)20-8-5-7-19(14-20)28-17(4)30/h5-15,24,31H,1-4H3,(H,28,30)/b25-23-. The van der Waals surface area contributed by atoms with Gasteiger partial charge < -0.3 is 19.6 Å². The number of aliphatic hydroxyl groups is 1. The van der Waals surface area contributed by atoms with Crippen LogP contribution < -0.4 is 15.0 Å². The van der Waals surface area contributed by atoms with Crippen LogP contribution in [0.5, 0.6) is 5.75 Å². The van der Waals surface area contributed by atoms with Crippen molar-refractivity contribution in [1.29, 1.82) is 0 Å². The van der Waals surface area contributed by atoms with E-state index in [0.717, 1.165) is 5.56 Å². The number of hydrogen-bond donors (Lipinski definition) is 2. The van der Waals surface area contributed by atoms with Gasteiger partial charge in [0, 0.05) is 23.9 Å². The summed E-state index contributed by atoms with van der Waals surface area (Å²) in [5.74, 6) is -1.27. The molecule has 1 aliphatic rings. The Balaban J connectivity index is 1.84. The minimum Gasteiger partial charge on any atom is -0.507 e. The first-order chi connectivity index (χ1) is 16.7. The molecule has 0 bridgehead atoms. The number of ketones is 1. The molecular weight excluding hydrogens is 448 g/mol.